The number of amides is 1. The Bertz CT molecular complexity index is 775. The molecule has 0 bridgehead atoms. The maximum atomic E-state index is 11.1. The van der Waals surface area contributed by atoms with Crippen LogP contribution >= 0.6 is 0 Å². The fourth-order valence-corrected chi connectivity index (χ4v) is 3.61. The summed E-state index contributed by atoms with van der Waals surface area (Å²) < 4.78 is 21.8. The molecule has 2 aliphatic rings. The maximum Gasteiger partial charge on any atom is 0.229 e. The molecule has 1 unspecified atom stereocenters. The molecule has 2 saturated heterocycles. The summed E-state index contributed by atoms with van der Waals surface area (Å²) in [6.07, 6.45) is -15.3. The van der Waals surface area contributed by atoms with E-state index in [-0.39, 0.29) is 11.7 Å². The fraction of sp³-hybridized carbons (Fsp3) is 0.650. The first-order valence-electron chi connectivity index (χ1n) is 10.3. The summed E-state index contributed by atoms with van der Waals surface area (Å²) in [5.41, 5.74) is 0.515. The van der Waals surface area contributed by atoms with Crippen LogP contribution in [0.2, 0.25) is 0 Å². The van der Waals surface area contributed by atoms with Crippen LogP contribution in [0.4, 0.5) is 5.69 Å². The van der Waals surface area contributed by atoms with Gasteiger partial charge in [-0.05, 0) is 24.3 Å². The van der Waals surface area contributed by atoms with E-state index in [4.69, 9.17) is 18.9 Å². The lowest BCUT2D eigenvalue weighted by atomic mass is 9.97. The number of aliphatic hydroxyl groups excluding tert-OH is 7. The SMILES string of the molecule is CC(=O)Nc1ccc(O[C@H]2O[C@H](CO)C(O[C@@H]3O[C@H](CO)[C@H](O)[C@H](O)[C@H]3O)[C@H](O)[C@@H]2O)cc1. The standard InChI is InChI=1S/C20H29NO12/c1-8(24)21-9-2-4-10(5-3-9)30-19-17(29)15(27)18(12(7-23)32-19)33-20-16(28)14(26)13(25)11(6-22)31-20/h2-5,11-20,22-23,25-29H,6-7H2,1H3,(H,21,24)/t11-,12-,13+,14+,15-,16-,17+,18?,19+,20+/m1/s1. The van der Waals surface area contributed by atoms with Crippen molar-refractivity contribution in [3.05, 3.63) is 24.3 Å². The van der Waals surface area contributed by atoms with Crippen LogP contribution in [0.5, 0.6) is 5.75 Å². The molecule has 2 heterocycles. The first kappa shape index (κ1) is 25.7. The Balaban J connectivity index is 1.68. The minimum Gasteiger partial charge on any atom is -0.462 e. The molecule has 0 saturated carbocycles. The van der Waals surface area contributed by atoms with E-state index in [1.54, 1.807) is 12.1 Å². The van der Waals surface area contributed by atoms with E-state index in [1.807, 2.05) is 0 Å². The lowest BCUT2D eigenvalue weighted by Gasteiger charge is -2.45. The average Bonchev–Trinajstić information content (AvgIpc) is 2.79. The molecular weight excluding hydrogens is 446 g/mol. The van der Waals surface area contributed by atoms with Crippen molar-refractivity contribution in [3.63, 3.8) is 0 Å². The third-order valence-corrected chi connectivity index (χ3v) is 5.39. The summed E-state index contributed by atoms with van der Waals surface area (Å²) in [5, 5.41) is 72.6. The van der Waals surface area contributed by atoms with E-state index in [0.717, 1.165) is 0 Å². The van der Waals surface area contributed by atoms with Crippen LogP contribution in [0.3, 0.4) is 0 Å². The number of carbonyl (C=O) groups is 1. The third-order valence-electron chi connectivity index (χ3n) is 5.39. The zero-order valence-corrected chi connectivity index (χ0v) is 17.7. The van der Waals surface area contributed by atoms with E-state index >= 15 is 0 Å². The van der Waals surface area contributed by atoms with Gasteiger partial charge in [-0.3, -0.25) is 4.79 Å². The number of anilines is 1. The first-order valence-corrected chi connectivity index (χ1v) is 10.3. The number of benzene rings is 1. The second-order valence-corrected chi connectivity index (χ2v) is 7.83. The molecule has 2 fully saturated rings. The number of ether oxygens (including phenoxy) is 4. The molecule has 33 heavy (non-hydrogen) atoms. The van der Waals surface area contributed by atoms with Crippen molar-refractivity contribution in [1.82, 2.24) is 0 Å². The molecule has 186 valence electrons. The van der Waals surface area contributed by atoms with Crippen LogP contribution < -0.4 is 10.1 Å². The van der Waals surface area contributed by atoms with Gasteiger partial charge >= 0.3 is 0 Å². The van der Waals surface area contributed by atoms with Gasteiger partial charge in [-0.25, -0.2) is 0 Å². The van der Waals surface area contributed by atoms with E-state index in [2.05, 4.69) is 5.32 Å². The molecule has 13 heteroatoms. The van der Waals surface area contributed by atoms with Crippen molar-refractivity contribution < 1.29 is 59.5 Å². The van der Waals surface area contributed by atoms with Gasteiger partial charge in [0.05, 0.1) is 13.2 Å². The summed E-state index contributed by atoms with van der Waals surface area (Å²) in [5.74, 6) is -0.0144. The van der Waals surface area contributed by atoms with Crippen LogP contribution in [-0.4, -0.2) is 116 Å². The number of hydrogen-bond donors (Lipinski definition) is 8. The minimum atomic E-state index is -1.75. The summed E-state index contributed by atoms with van der Waals surface area (Å²) >= 11 is 0. The van der Waals surface area contributed by atoms with Gasteiger partial charge in [0.25, 0.3) is 0 Å². The molecule has 1 amide bonds. The van der Waals surface area contributed by atoms with Crippen LogP contribution in [0.15, 0.2) is 24.3 Å². The van der Waals surface area contributed by atoms with Crippen molar-refractivity contribution in [2.45, 2.75) is 68.3 Å². The fourth-order valence-electron chi connectivity index (χ4n) is 3.61. The lowest BCUT2D eigenvalue weighted by Crippen LogP contribution is -2.65. The quantitative estimate of drug-likeness (QED) is 0.195. The smallest absolute Gasteiger partial charge is 0.229 e. The largest absolute Gasteiger partial charge is 0.462 e. The highest BCUT2D eigenvalue weighted by Gasteiger charge is 2.51. The minimum absolute atomic E-state index is 0.241. The number of rotatable bonds is 7. The summed E-state index contributed by atoms with van der Waals surface area (Å²) in [6.45, 7) is 0.000118. The second-order valence-electron chi connectivity index (χ2n) is 7.83. The number of aliphatic hydroxyl groups is 7. The molecule has 0 aliphatic carbocycles. The van der Waals surface area contributed by atoms with Gasteiger partial charge in [-0.1, -0.05) is 0 Å². The number of nitrogens with one attached hydrogen (secondary N) is 1. The first-order chi connectivity index (χ1) is 15.7. The lowest BCUT2D eigenvalue weighted by molar-refractivity contribution is -0.352. The second kappa shape index (κ2) is 11.0. The Labute approximate surface area is 188 Å². The third kappa shape index (κ3) is 5.78. The van der Waals surface area contributed by atoms with Gasteiger partial charge < -0.3 is 60.0 Å². The Kier molecular flexibility index (Phi) is 8.58. The van der Waals surface area contributed by atoms with Gasteiger partial charge in [0.1, 0.15) is 54.6 Å². The Hall–Kier alpha value is -1.91. The van der Waals surface area contributed by atoms with Crippen LogP contribution in [-0.2, 0) is 19.0 Å². The van der Waals surface area contributed by atoms with Crippen molar-refractivity contribution in [2.24, 2.45) is 0 Å². The molecule has 3 rings (SSSR count). The van der Waals surface area contributed by atoms with Gasteiger partial charge in [-0.2, -0.15) is 0 Å². The van der Waals surface area contributed by atoms with Crippen molar-refractivity contribution in [2.75, 3.05) is 18.5 Å². The van der Waals surface area contributed by atoms with Crippen molar-refractivity contribution in [3.8, 4) is 5.75 Å². The van der Waals surface area contributed by atoms with Gasteiger partial charge in [0, 0.05) is 12.6 Å². The zero-order valence-electron chi connectivity index (χ0n) is 17.7. The highest BCUT2D eigenvalue weighted by molar-refractivity contribution is 5.88. The molecule has 0 aromatic heterocycles. The molecule has 0 spiro atoms. The van der Waals surface area contributed by atoms with Gasteiger partial charge in [-0.15, -0.1) is 0 Å². The summed E-state index contributed by atoms with van der Waals surface area (Å²) in [6, 6.07) is 6.10. The van der Waals surface area contributed by atoms with Gasteiger partial charge in [0.15, 0.2) is 6.29 Å². The van der Waals surface area contributed by atoms with E-state index in [9.17, 15) is 40.5 Å². The molecule has 13 nitrogen and oxygen atoms in total. The molecule has 1 aromatic carbocycles. The van der Waals surface area contributed by atoms with E-state index in [1.165, 1.54) is 19.1 Å². The Morgan fingerprint density at radius 1 is 0.848 bits per heavy atom. The topological polar surface area (TPSA) is 208 Å². The van der Waals surface area contributed by atoms with Crippen LogP contribution in [0.25, 0.3) is 0 Å². The molecule has 2 aliphatic heterocycles. The van der Waals surface area contributed by atoms with Gasteiger partial charge in [0.2, 0.25) is 12.2 Å². The zero-order chi connectivity index (χ0) is 24.3. The van der Waals surface area contributed by atoms with E-state index < -0.39 is 74.6 Å². The average molecular weight is 475 g/mol. The molecule has 10 atom stereocenters. The predicted octanol–water partition coefficient (Wildman–Crippen LogP) is -3.35. The van der Waals surface area contributed by atoms with E-state index in [0.29, 0.717) is 5.69 Å². The highest BCUT2D eigenvalue weighted by atomic mass is 16.7. The molecule has 8 N–H and O–H groups in total. The number of carbonyl (C=O) groups excluding carboxylic acids is 1. The van der Waals surface area contributed by atoms with Crippen LogP contribution in [0.1, 0.15) is 6.92 Å². The molecule has 1 aromatic rings. The highest BCUT2D eigenvalue weighted by Crippen LogP contribution is 2.30. The molecular formula is C20H29NO12. The van der Waals surface area contributed by atoms with Crippen molar-refractivity contribution >= 4 is 11.6 Å². The monoisotopic (exact) mass is 475 g/mol. The summed E-state index contributed by atoms with van der Waals surface area (Å²) in [7, 11) is 0. The molecule has 0 radical (unpaired) electrons. The normalized spacial score (nSPS) is 39.2. The van der Waals surface area contributed by atoms with Crippen LogP contribution in [0, 0.1) is 0 Å². The number of hydrogen-bond acceptors (Lipinski definition) is 12. The Morgan fingerprint density at radius 3 is 2.00 bits per heavy atom. The van der Waals surface area contributed by atoms with Crippen molar-refractivity contribution in [1.29, 1.82) is 0 Å². The summed E-state index contributed by atoms with van der Waals surface area (Å²) in [4.78, 5) is 11.1. The maximum absolute atomic E-state index is 11.1. The Morgan fingerprint density at radius 2 is 1.42 bits per heavy atom. The predicted molar refractivity (Wildman–Crippen MR) is 108 cm³/mol.